The first-order chi connectivity index (χ1) is 14.0. The van der Waals surface area contributed by atoms with Gasteiger partial charge in [-0.1, -0.05) is 42.8 Å². The predicted octanol–water partition coefficient (Wildman–Crippen LogP) is 1.86. The van der Waals surface area contributed by atoms with Gasteiger partial charge in [-0.2, -0.15) is 0 Å². The molecule has 0 spiro atoms. The molecule has 3 amide bonds. The summed E-state index contributed by atoms with van der Waals surface area (Å²) in [5.41, 5.74) is 1.55. The minimum Gasteiger partial charge on any atom is -0.352 e. The van der Waals surface area contributed by atoms with Crippen LogP contribution in [0.15, 0.2) is 48.7 Å². The number of nitrogens with one attached hydrogen (secondary N) is 1. The van der Waals surface area contributed by atoms with Crippen LogP contribution in [0.4, 0.5) is 0 Å². The first-order valence-electron chi connectivity index (χ1n) is 9.45. The summed E-state index contributed by atoms with van der Waals surface area (Å²) in [6.07, 6.45) is 1.65. The largest absolute Gasteiger partial charge is 0.352 e. The van der Waals surface area contributed by atoms with Gasteiger partial charge in [-0.15, -0.1) is 0 Å². The van der Waals surface area contributed by atoms with E-state index < -0.39 is 17.7 Å². The number of nitrogens with zero attached hydrogens (tertiary/aromatic N) is 3. The molecule has 0 bridgehead atoms. The summed E-state index contributed by atoms with van der Waals surface area (Å²) in [4.78, 5) is 44.4. The Labute approximate surface area is 174 Å². The van der Waals surface area contributed by atoms with Crippen LogP contribution in [0.2, 0.25) is 5.02 Å². The topological polar surface area (TPSA) is 82.6 Å². The zero-order chi connectivity index (χ0) is 20.8. The highest BCUT2D eigenvalue weighted by Gasteiger charge is 2.34. The quantitative estimate of drug-likeness (QED) is 0.701. The second kappa shape index (κ2) is 9.52. The monoisotopic (exact) mass is 414 g/mol. The van der Waals surface area contributed by atoms with Crippen LogP contribution in [0.5, 0.6) is 0 Å². The molecule has 0 aliphatic carbocycles. The van der Waals surface area contributed by atoms with Crippen LogP contribution in [0, 0.1) is 5.92 Å². The van der Waals surface area contributed by atoms with Gasteiger partial charge in [0.1, 0.15) is 0 Å². The number of aromatic nitrogens is 1. The van der Waals surface area contributed by atoms with Gasteiger partial charge in [0.05, 0.1) is 18.2 Å². The highest BCUT2D eigenvalue weighted by atomic mass is 35.5. The summed E-state index contributed by atoms with van der Waals surface area (Å²) >= 11 is 6.10. The lowest BCUT2D eigenvalue weighted by molar-refractivity contribution is -0.157. The molecule has 3 rings (SSSR count). The molecule has 1 aliphatic rings. The predicted molar refractivity (Wildman–Crippen MR) is 109 cm³/mol. The fourth-order valence-electron chi connectivity index (χ4n) is 3.14. The van der Waals surface area contributed by atoms with E-state index in [1.807, 2.05) is 30.3 Å². The molecule has 1 aromatic heterocycles. The van der Waals surface area contributed by atoms with Gasteiger partial charge in [-0.05, 0) is 23.8 Å². The number of rotatable bonds is 7. The Balaban J connectivity index is 1.51. The zero-order valence-corrected chi connectivity index (χ0v) is 16.9. The van der Waals surface area contributed by atoms with E-state index in [2.05, 4.69) is 10.3 Å². The van der Waals surface area contributed by atoms with Crippen molar-refractivity contribution in [2.75, 3.05) is 19.6 Å². The third-order valence-electron chi connectivity index (χ3n) is 4.83. The summed E-state index contributed by atoms with van der Waals surface area (Å²) in [6.45, 7) is 3.34. The Hall–Kier alpha value is -2.93. The standard InChI is InChI=1S/C21H23ClN4O3/c1-15(19(27)24-12-16-6-2-3-8-18(16)22)13-25-10-11-26(21(29)20(25)28)14-17-7-4-5-9-23-17/h2-9,15H,10-14H2,1H3,(H,24,27)/t15-/m1/s1. The molecular formula is C21H23ClN4O3. The molecule has 7 nitrogen and oxygen atoms in total. The summed E-state index contributed by atoms with van der Waals surface area (Å²) < 4.78 is 0. The number of amides is 3. The number of hydrogen-bond acceptors (Lipinski definition) is 4. The van der Waals surface area contributed by atoms with Crippen LogP contribution < -0.4 is 5.32 Å². The first kappa shape index (κ1) is 20.8. The van der Waals surface area contributed by atoms with E-state index in [0.29, 0.717) is 31.2 Å². The molecule has 2 aromatic rings. The normalized spacial score (nSPS) is 15.4. The van der Waals surface area contributed by atoms with Crippen LogP contribution in [-0.4, -0.2) is 52.1 Å². The molecule has 29 heavy (non-hydrogen) atoms. The van der Waals surface area contributed by atoms with Crippen molar-refractivity contribution in [1.82, 2.24) is 20.1 Å². The number of carbonyl (C=O) groups is 3. The number of piperazine rings is 1. The smallest absolute Gasteiger partial charge is 0.312 e. The summed E-state index contributed by atoms with van der Waals surface area (Å²) in [6, 6.07) is 12.7. The second-order valence-corrected chi connectivity index (χ2v) is 7.42. The van der Waals surface area contributed by atoms with Crippen molar-refractivity contribution in [2.45, 2.75) is 20.0 Å². The van der Waals surface area contributed by atoms with Gasteiger partial charge in [0, 0.05) is 37.4 Å². The van der Waals surface area contributed by atoms with E-state index in [-0.39, 0.29) is 12.5 Å². The van der Waals surface area contributed by atoms with Crippen LogP contribution in [0.25, 0.3) is 0 Å². The van der Waals surface area contributed by atoms with E-state index >= 15 is 0 Å². The van der Waals surface area contributed by atoms with Gasteiger partial charge in [0.25, 0.3) is 0 Å². The van der Waals surface area contributed by atoms with E-state index in [1.54, 1.807) is 25.3 Å². The molecule has 1 atom stereocenters. The number of hydrogen-bond donors (Lipinski definition) is 1. The molecule has 0 saturated carbocycles. The van der Waals surface area contributed by atoms with Crippen molar-refractivity contribution in [3.05, 3.63) is 64.9 Å². The molecule has 1 N–H and O–H groups in total. The van der Waals surface area contributed by atoms with Gasteiger partial charge in [0.2, 0.25) is 5.91 Å². The lowest BCUT2D eigenvalue weighted by Crippen LogP contribution is -2.55. The molecule has 8 heteroatoms. The minimum absolute atomic E-state index is 0.191. The Morgan fingerprint density at radius 3 is 2.52 bits per heavy atom. The highest BCUT2D eigenvalue weighted by Crippen LogP contribution is 2.15. The van der Waals surface area contributed by atoms with Crippen molar-refractivity contribution in [3.63, 3.8) is 0 Å². The molecule has 152 valence electrons. The molecule has 1 aromatic carbocycles. The highest BCUT2D eigenvalue weighted by molar-refractivity contribution is 6.35. The number of benzene rings is 1. The van der Waals surface area contributed by atoms with E-state index in [0.717, 1.165) is 11.3 Å². The zero-order valence-electron chi connectivity index (χ0n) is 16.2. The van der Waals surface area contributed by atoms with Crippen LogP contribution >= 0.6 is 11.6 Å². The fraction of sp³-hybridized carbons (Fsp3) is 0.333. The molecule has 1 fully saturated rings. The molecule has 0 radical (unpaired) electrons. The molecule has 0 unspecified atom stereocenters. The summed E-state index contributed by atoms with van der Waals surface area (Å²) in [5.74, 6) is -1.79. The average molecular weight is 415 g/mol. The van der Waals surface area contributed by atoms with Gasteiger partial charge < -0.3 is 15.1 Å². The molecule has 2 heterocycles. The maximum absolute atomic E-state index is 12.5. The van der Waals surface area contributed by atoms with Crippen molar-refractivity contribution in [3.8, 4) is 0 Å². The first-order valence-corrected chi connectivity index (χ1v) is 9.82. The van der Waals surface area contributed by atoms with Gasteiger partial charge in [-0.25, -0.2) is 0 Å². The average Bonchev–Trinajstić information content (AvgIpc) is 2.73. The Morgan fingerprint density at radius 2 is 1.79 bits per heavy atom. The third-order valence-corrected chi connectivity index (χ3v) is 5.20. The van der Waals surface area contributed by atoms with Crippen molar-refractivity contribution in [2.24, 2.45) is 5.92 Å². The van der Waals surface area contributed by atoms with E-state index in [4.69, 9.17) is 11.6 Å². The summed E-state index contributed by atoms with van der Waals surface area (Å²) in [5, 5.41) is 3.42. The maximum atomic E-state index is 12.5. The van der Waals surface area contributed by atoms with Crippen LogP contribution in [0.3, 0.4) is 0 Å². The Morgan fingerprint density at radius 1 is 1.10 bits per heavy atom. The number of pyridine rings is 1. The summed E-state index contributed by atoms with van der Waals surface area (Å²) in [7, 11) is 0. The lowest BCUT2D eigenvalue weighted by atomic mass is 10.1. The van der Waals surface area contributed by atoms with E-state index in [1.165, 1.54) is 9.80 Å². The van der Waals surface area contributed by atoms with Gasteiger partial charge in [-0.3, -0.25) is 19.4 Å². The third kappa shape index (κ3) is 5.32. The van der Waals surface area contributed by atoms with Crippen LogP contribution in [-0.2, 0) is 27.5 Å². The SMILES string of the molecule is C[C@H](CN1CCN(Cc2ccccn2)C(=O)C1=O)C(=O)NCc1ccccc1Cl. The second-order valence-electron chi connectivity index (χ2n) is 7.01. The van der Waals surface area contributed by atoms with Gasteiger partial charge in [0.15, 0.2) is 0 Å². The number of halogens is 1. The Kier molecular flexibility index (Phi) is 6.82. The Bertz CT molecular complexity index is 891. The van der Waals surface area contributed by atoms with Crippen molar-refractivity contribution < 1.29 is 14.4 Å². The minimum atomic E-state index is -0.585. The van der Waals surface area contributed by atoms with Crippen molar-refractivity contribution in [1.29, 1.82) is 0 Å². The molecular weight excluding hydrogens is 392 g/mol. The number of carbonyl (C=O) groups excluding carboxylic acids is 3. The molecule has 1 saturated heterocycles. The fourth-order valence-corrected chi connectivity index (χ4v) is 3.34. The lowest BCUT2D eigenvalue weighted by Gasteiger charge is -2.34. The maximum Gasteiger partial charge on any atom is 0.312 e. The molecule has 1 aliphatic heterocycles. The van der Waals surface area contributed by atoms with Crippen LogP contribution in [0.1, 0.15) is 18.2 Å². The van der Waals surface area contributed by atoms with E-state index in [9.17, 15) is 14.4 Å². The van der Waals surface area contributed by atoms with Gasteiger partial charge >= 0.3 is 11.8 Å². The van der Waals surface area contributed by atoms with Crippen molar-refractivity contribution >= 4 is 29.3 Å².